The van der Waals surface area contributed by atoms with E-state index < -0.39 is 0 Å². The Labute approximate surface area is 271 Å². The van der Waals surface area contributed by atoms with Gasteiger partial charge in [0.15, 0.2) is 0 Å². The molecule has 258 valence electrons. The molecule has 0 aliphatic carbocycles. The van der Waals surface area contributed by atoms with E-state index in [0.29, 0.717) is 33.2 Å². The summed E-state index contributed by atoms with van der Waals surface area (Å²) >= 11 is 0. The Bertz CT molecular complexity index is 699. The second kappa shape index (κ2) is 15.6. The van der Waals surface area contributed by atoms with E-state index in [1.165, 1.54) is 78.3 Å². The van der Waals surface area contributed by atoms with Gasteiger partial charge in [-0.2, -0.15) is 0 Å². The van der Waals surface area contributed by atoms with Crippen LogP contribution in [0.2, 0.25) is 0 Å². The average Bonchev–Trinajstić information content (AvgIpc) is 3.29. The number of hydrogen-bond donors (Lipinski definition) is 0. The Hall–Kier alpha value is -0.240. The van der Waals surface area contributed by atoms with Crippen LogP contribution in [0.25, 0.3) is 0 Å². The number of piperazine rings is 1. The summed E-state index contributed by atoms with van der Waals surface area (Å²) in [5, 5.41) is 0. The van der Waals surface area contributed by atoms with Crippen molar-refractivity contribution >= 4 is 0 Å². The van der Waals surface area contributed by atoms with Crippen molar-refractivity contribution in [2.24, 2.45) is 0 Å². The zero-order valence-corrected chi connectivity index (χ0v) is 32.9. The Kier molecular flexibility index (Phi) is 14.8. The quantitative estimate of drug-likeness (QED) is 0.285. The molecule has 0 aromatic rings. The first kappa shape index (κ1) is 40.8. The average molecular weight is 609 g/mol. The first-order valence-electron chi connectivity index (χ1n) is 17.6. The van der Waals surface area contributed by atoms with Crippen LogP contribution in [-0.4, -0.2) is 135 Å². The molecule has 0 atom stereocenters. The van der Waals surface area contributed by atoms with Gasteiger partial charge in [-0.25, -0.2) is 0 Å². The minimum absolute atomic E-state index is 0.319. The highest BCUT2D eigenvalue weighted by Gasteiger charge is 2.34. The van der Waals surface area contributed by atoms with E-state index in [1.54, 1.807) is 0 Å². The fraction of sp³-hybridized carbons (Fsp3) is 1.00. The Morgan fingerprint density at radius 3 is 0.558 bits per heavy atom. The van der Waals surface area contributed by atoms with E-state index in [9.17, 15) is 0 Å². The van der Waals surface area contributed by atoms with Crippen molar-refractivity contribution < 1.29 is 0 Å². The Morgan fingerprint density at radius 1 is 0.233 bits per heavy atom. The van der Waals surface area contributed by atoms with E-state index in [2.05, 4.69) is 154 Å². The molecule has 0 N–H and O–H groups in total. The summed E-state index contributed by atoms with van der Waals surface area (Å²) in [6, 6.07) is 0. The molecule has 0 radical (unpaired) electrons. The molecule has 3 aliphatic heterocycles. The van der Waals surface area contributed by atoms with Gasteiger partial charge in [0.25, 0.3) is 0 Å². The molecule has 3 fully saturated rings. The lowest BCUT2D eigenvalue weighted by atomic mass is 10.0. The number of nitrogens with zero attached hydrogens (tertiary/aromatic N) is 6. The maximum absolute atomic E-state index is 2.63. The van der Waals surface area contributed by atoms with Crippen LogP contribution < -0.4 is 0 Å². The van der Waals surface area contributed by atoms with Crippen molar-refractivity contribution in [3.8, 4) is 0 Å². The van der Waals surface area contributed by atoms with Crippen LogP contribution in [0, 0.1) is 0 Å². The molecule has 0 bridgehead atoms. The second-order valence-corrected chi connectivity index (χ2v) is 19.3. The molecule has 0 aromatic heterocycles. The molecule has 3 saturated heterocycles. The van der Waals surface area contributed by atoms with Crippen LogP contribution in [0.4, 0.5) is 0 Å². The van der Waals surface area contributed by atoms with Gasteiger partial charge in [0.1, 0.15) is 0 Å². The highest BCUT2D eigenvalue weighted by Crippen LogP contribution is 2.24. The summed E-state index contributed by atoms with van der Waals surface area (Å²) in [4.78, 5) is 15.5. The molecule has 0 spiro atoms. The zero-order chi connectivity index (χ0) is 33.7. The normalized spacial score (nSPS) is 22.7. The maximum Gasteiger partial charge on any atom is 0.0516 e. The van der Waals surface area contributed by atoms with Gasteiger partial charge in [0, 0.05) is 72.5 Å². The van der Waals surface area contributed by atoms with E-state index in [1.807, 2.05) is 0 Å². The molecule has 3 rings (SSSR count). The topological polar surface area (TPSA) is 19.4 Å². The predicted octanol–water partition coefficient (Wildman–Crippen LogP) is 7.34. The van der Waals surface area contributed by atoms with Crippen molar-refractivity contribution in [1.82, 2.24) is 29.4 Å². The van der Waals surface area contributed by atoms with Gasteiger partial charge in [-0.1, -0.05) is 0 Å². The van der Waals surface area contributed by atoms with E-state index in [-0.39, 0.29) is 0 Å². The molecule has 0 unspecified atom stereocenters. The summed E-state index contributed by atoms with van der Waals surface area (Å²) in [6.07, 6.45) is 2.60. The summed E-state index contributed by atoms with van der Waals surface area (Å²) in [5.41, 5.74) is 1.99. The monoisotopic (exact) mass is 609 g/mol. The fourth-order valence-electron chi connectivity index (χ4n) is 6.20. The smallest absolute Gasteiger partial charge is 0.0516 e. The van der Waals surface area contributed by atoms with Crippen LogP contribution >= 0.6 is 0 Å². The van der Waals surface area contributed by atoms with Gasteiger partial charge in [-0.3, -0.25) is 29.4 Å². The van der Waals surface area contributed by atoms with Gasteiger partial charge >= 0.3 is 0 Å². The van der Waals surface area contributed by atoms with Gasteiger partial charge in [0.05, 0.1) is 6.67 Å². The van der Waals surface area contributed by atoms with Gasteiger partial charge in [0.2, 0.25) is 0 Å². The molecule has 0 aromatic carbocycles. The first-order chi connectivity index (χ1) is 19.1. The summed E-state index contributed by atoms with van der Waals surface area (Å²) in [7, 11) is 0. The molecular formula is C37H80N6. The Morgan fingerprint density at radius 2 is 0.395 bits per heavy atom. The van der Waals surface area contributed by atoms with Crippen molar-refractivity contribution in [2.75, 3.05) is 72.1 Å². The first-order valence-corrected chi connectivity index (χ1v) is 17.6. The lowest BCUT2D eigenvalue weighted by Gasteiger charge is -2.46. The van der Waals surface area contributed by atoms with Crippen LogP contribution in [0.3, 0.4) is 0 Å². The molecule has 43 heavy (non-hydrogen) atoms. The van der Waals surface area contributed by atoms with Crippen molar-refractivity contribution in [1.29, 1.82) is 0 Å². The summed E-state index contributed by atoms with van der Waals surface area (Å²) < 4.78 is 0. The molecule has 3 aliphatic rings. The third-order valence-electron chi connectivity index (χ3n) is 9.67. The van der Waals surface area contributed by atoms with Crippen LogP contribution in [-0.2, 0) is 0 Å². The van der Waals surface area contributed by atoms with Gasteiger partial charge < -0.3 is 0 Å². The van der Waals surface area contributed by atoms with Gasteiger partial charge in [-0.15, -0.1) is 0 Å². The maximum atomic E-state index is 2.63. The predicted molar refractivity (Wildman–Crippen MR) is 192 cm³/mol. The second-order valence-electron chi connectivity index (χ2n) is 19.3. The number of rotatable bonds is 0. The molecule has 6 heteroatoms. The van der Waals surface area contributed by atoms with Gasteiger partial charge in [-0.05, 0) is 164 Å². The van der Waals surface area contributed by atoms with Crippen LogP contribution in [0.15, 0.2) is 0 Å². The Balaban J connectivity index is 0.000000324. The molecule has 3 heterocycles. The fourth-order valence-corrected chi connectivity index (χ4v) is 6.20. The number of hydrogen-bond acceptors (Lipinski definition) is 6. The van der Waals surface area contributed by atoms with Crippen LogP contribution in [0.5, 0.6) is 0 Å². The van der Waals surface area contributed by atoms with E-state index >= 15 is 0 Å². The highest BCUT2D eigenvalue weighted by atomic mass is 15.4. The zero-order valence-electron chi connectivity index (χ0n) is 32.9. The third kappa shape index (κ3) is 14.8. The summed E-state index contributed by atoms with van der Waals surface area (Å²) in [5.74, 6) is 0. The standard InChI is InChI=1S/C14H30N2.C12H26N2.C11H24N2/c1-13(2,3)15-9-7-11-16(12-8-10-15)14(4,5)6;1-11(2,3)13-7-9-14(10-8-13)12(4,5)6;1-10(2,3)12-7-8-13(9-12)11(4,5)6/h7-12H2,1-6H3;7-10H2,1-6H3;7-9H2,1-6H3. The largest absolute Gasteiger partial charge is 0.298 e. The van der Waals surface area contributed by atoms with Crippen LogP contribution in [0.1, 0.15) is 137 Å². The van der Waals surface area contributed by atoms with Crippen molar-refractivity contribution in [2.45, 2.75) is 171 Å². The van der Waals surface area contributed by atoms with Crippen molar-refractivity contribution in [3.05, 3.63) is 0 Å². The molecule has 0 amide bonds. The summed E-state index contributed by atoms with van der Waals surface area (Å²) in [6.45, 7) is 54.9. The van der Waals surface area contributed by atoms with Crippen molar-refractivity contribution in [3.63, 3.8) is 0 Å². The molecular weight excluding hydrogens is 528 g/mol. The molecule has 6 nitrogen and oxygen atoms in total. The van der Waals surface area contributed by atoms with E-state index in [0.717, 1.165) is 6.67 Å². The minimum atomic E-state index is 0.319. The minimum Gasteiger partial charge on any atom is -0.298 e. The SMILES string of the molecule is CC(C)(C)N1CCCN(C(C)(C)C)CCC1.CC(C)(C)N1CCN(C(C)(C)C)C1.CC(C)(C)N1CCN(C(C)(C)C)CC1. The lowest BCUT2D eigenvalue weighted by Crippen LogP contribution is -2.57. The van der Waals surface area contributed by atoms with E-state index in [4.69, 9.17) is 0 Å². The third-order valence-corrected chi connectivity index (χ3v) is 9.67. The lowest BCUT2D eigenvalue weighted by molar-refractivity contribution is 0.0211. The highest BCUT2D eigenvalue weighted by molar-refractivity contribution is 4.88. The molecule has 0 saturated carbocycles.